The lowest BCUT2D eigenvalue weighted by Crippen LogP contribution is -2.54. The fraction of sp³-hybridized carbons (Fsp3) is 1.00. The first kappa shape index (κ1) is 12.3. The number of nitrogens with one attached hydrogen (secondary N) is 1. The molecule has 2 heterocycles. The summed E-state index contributed by atoms with van der Waals surface area (Å²) in [5.41, 5.74) is 0. The van der Waals surface area contributed by atoms with Crippen molar-refractivity contribution in [1.29, 1.82) is 0 Å². The molecule has 16 heavy (non-hydrogen) atoms. The van der Waals surface area contributed by atoms with E-state index in [0.717, 1.165) is 13.2 Å². The van der Waals surface area contributed by atoms with Crippen LogP contribution in [0, 0.1) is 0 Å². The molecule has 0 aromatic carbocycles. The second-order valence-corrected chi connectivity index (χ2v) is 5.43. The van der Waals surface area contributed by atoms with E-state index in [1.54, 1.807) is 0 Å². The Morgan fingerprint density at radius 3 is 3.00 bits per heavy atom. The lowest BCUT2D eigenvalue weighted by molar-refractivity contribution is 0.0912. The van der Waals surface area contributed by atoms with Crippen LogP contribution in [0.25, 0.3) is 0 Å². The molecule has 2 aliphatic heterocycles. The number of hydrogen-bond acceptors (Lipinski definition) is 3. The minimum atomic E-state index is 0.565. The summed E-state index contributed by atoms with van der Waals surface area (Å²) < 4.78 is 5.66. The van der Waals surface area contributed by atoms with Crippen LogP contribution in [-0.4, -0.2) is 49.3 Å². The van der Waals surface area contributed by atoms with Gasteiger partial charge in [0, 0.05) is 31.8 Å². The lowest BCUT2D eigenvalue weighted by Gasteiger charge is -2.37. The summed E-state index contributed by atoms with van der Waals surface area (Å²) in [4.78, 5) is 2.62. The molecule has 0 aromatic rings. The fourth-order valence-corrected chi connectivity index (χ4v) is 2.80. The van der Waals surface area contributed by atoms with Crippen molar-refractivity contribution in [1.82, 2.24) is 10.2 Å². The van der Waals surface area contributed by atoms with E-state index in [2.05, 4.69) is 24.1 Å². The van der Waals surface area contributed by atoms with Crippen molar-refractivity contribution in [3.8, 4) is 0 Å². The predicted molar refractivity (Wildman–Crippen MR) is 66.7 cm³/mol. The van der Waals surface area contributed by atoms with Gasteiger partial charge in [-0.15, -0.1) is 0 Å². The molecule has 0 amide bonds. The van der Waals surface area contributed by atoms with Gasteiger partial charge in [0.15, 0.2) is 0 Å². The second kappa shape index (κ2) is 5.99. The molecule has 2 saturated heterocycles. The zero-order chi connectivity index (χ0) is 11.4. The third-order valence-electron chi connectivity index (χ3n) is 3.89. The summed E-state index contributed by atoms with van der Waals surface area (Å²) in [5, 5.41) is 3.53. The summed E-state index contributed by atoms with van der Waals surface area (Å²) in [6.45, 7) is 9.18. The van der Waals surface area contributed by atoms with Gasteiger partial charge < -0.3 is 10.1 Å². The Labute approximate surface area is 99.5 Å². The molecule has 2 aliphatic rings. The summed E-state index contributed by atoms with van der Waals surface area (Å²) in [6.07, 6.45) is 5.67. The van der Waals surface area contributed by atoms with Gasteiger partial charge in [-0.3, -0.25) is 4.90 Å². The van der Waals surface area contributed by atoms with Crippen molar-refractivity contribution in [2.75, 3.05) is 26.2 Å². The quantitative estimate of drug-likeness (QED) is 0.788. The topological polar surface area (TPSA) is 24.5 Å². The van der Waals surface area contributed by atoms with Crippen LogP contribution in [-0.2, 0) is 4.74 Å². The minimum Gasteiger partial charge on any atom is -0.378 e. The van der Waals surface area contributed by atoms with Crippen LogP contribution in [0.5, 0.6) is 0 Å². The van der Waals surface area contributed by atoms with Crippen LogP contribution in [0.4, 0.5) is 0 Å². The van der Waals surface area contributed by atoms with Crippen LogP contribution >= 0.6 is 0 Å². The third kappa shape index (κ3) is 3.44. The van der Waals surface area contributed by atoms with Gasteiger partial charge in [-0.2, -0.15) is 0 Å². The summed E-state index contributed by atoms with van der Waals surface area (Å²) in [7, 11) is 0. The molecule has 0 spiro atoms. The van der Waals surface area contributed by atoms with E-state index >= 15 is 0 Å². The van der Waals surface area contributed by atoms with Gasteiger partial charge in [0.1, 0.15) is 0 Å². The monoisotopic (exact) mass is 226 g/mol. The molecule has 0 bridgehead atoms. The summed E-state index contributed by atoms with van der Waals surface area (Å²) >= 11 is 0. The third-order valence-corrected chi connectivity index (χ3v) is 3.89. The SMILES string of the molecule is CC1CN(CCCC2CCCO2)C(C)CN1. The summed E-state index contributed by atoms with van der Waals surface area (Å²) in [6, 6.07) is 1.35. The molecule has 3 heteroatoms. The molecule has 94 valence electrons. The maximum Gasteiger partial charge on any atom is 0.0576 e. The highest BCUT2D eigenvalue weighted by atomic mass is 16.5. The lowest BCUT2D eigenvalue weighted by atomic mass is 10.1. The van der Waals surface area contributed by atoms with E-state index in [1.165, 1.54) is 38.8 Å². The molecule has 0 aromatic heterocycles. The van der Waals surface area contributed by atoms with Crippen LogP contribution in [0.2, 0.25) is 0 Å². The standard InChI is InChI=1S/C13H26N2O/c1-11-10-15(12(2)9-14-11)7-3-5-13-6-4-8-16-13/h11-14H,3-10H2,1-2H3. The van der Waals surface area contributed by atoms with Crippen molar-refractivity contribution in [2.24, 2.45) is 0 Å². The Morgan fingerprint density at radius 1 is 1.38 bits per heavy atom. The Bertz CT molecular complexity index is 204. The molecule has 2 rings (SSSR count). The zero-order valence-electron chi connectivity index (χ0n) is 10.7. The van der Waals surface area contributed by atoms with E-state index in [-0.39, 0.29) is 0 Å². The first-order valence-electron chi connectivity index (χ1n) is 6.84. The molecule has 3 unspecified atom stereocenters. The van der Waals surface area contributed by atoms with Crippen LogP contribution in [0.3, 0.4) is 0 Å². The highest BCUT2D eigenvalue weighted by molar-refractivity contribution is 4.81. The Morgan fingerprint density at radius 2 is 2.25 bits per heavy atom. The Balaban J connectivity index is 1.63. The molecule has 0 radical (unpaired) electrons. The first-order chi connectivity index (χ1) is 7.75. The van der Waals surface area contributed by atoms with Gasteiger partial charge in [0.25, 0.3) is 0 Å². The summed E-state index contributed by atoms with van der Waals surface area (Å²) in [5.74, 6) is 0. The predicted octanol–water partition coefficient (Wildman–Crippen LogP) is 1.63. The average molecular weight is 226 g/mol. The Hall–Kier alpha value is -0.120. The van der Waals surface area contributed by atoms with E-state index < -0.39 is 0 Å². The van der Waals surface area contributed by atoms with E-state index in [9.17, 15) is 0 Å². The molecule has 3 nitrogen and oxygen atoms in total. The highest BCUT2D eigenvalue weighted by Gasteiger charge is 2.22. The maximum atomic E-state index is 5.66. The minimum absolute atomic E-state index is 0.565. The maximum absolute atomic E-state index is 5.66. The normalized spacial score (nSPS) is 36.8. The molecule has 3 atom stereocenters. The molecule has 1 N–H and O–H groups in total. The zero-order valence-corrected chi connectivity index (χ0v) is 10.7. The van der Waals surface area contributed by atoms with Crippen molar-refractivity contribution in [2.45, 2.75) is 57.7 Å². The number of ether oxygens (including phenoxy) is 1. The van der Waals surface area contributed by atoms with Crippen molar-refractivity contribution >= 4 is 0 Å². The molecular formula is C13H26N2O. The van der Waals surface area contributed by atoms with Gasteiger partial charge in [-0.05, 0) is 46.1 Å². The molecule has 2 fully saturated rings. The highest BCUT2D eigenvalue weighted by Crippen LogP contribution is 2.17. The molecule has 0 aliphatic carbocycles. The van der Waals surface area contributed by atoms with Crippen molar-refractivity contribution in [3.63, 3.8) is 0 Å². The number of piperazine rings is 1. The number of hydrogen-bond donors (Lipinski definition) is 1. The second-order valence-electron chi connectivity index (χ2n) is 5.43. The van der Waals surface area contributed by atoms with Gasteiger partial charge >= 0.3 is 0 Å². The fourth-order valence-electron chi connectivity index (χ4n) is 2.80. The van der Waals surface area contributed by atoms with Crippen LogP contribution < -0.4 is 5.32 Å². The van der Waals surface area contributed by atoms with Gasteiger partial charge in [-0.1, -0.05) is 0 Å². The van der Waals surface area contributed by atoms with Crippen molar-refractivity contribution in [3.05, 3.63) is 0 Å². The Kier molecular flexibility index (Phi) is 4.62. The largest absolute Gasteiger partial charge is 0.378 e. The van der Waals surface area contributed by atoms with E-state index in [1.807, 2.05) is 0 Å². The number of nitrogens with zero attached hydrogens (tertiary/aromatic N) is 1. The molecular weight excluding hydrogens is 200 g/mol. The van der Waals surface area contributed by atoms with Gasteiger partial charge in [-0.25, -0.2) is 0 Å². The smallest absolute Gasteiger partial charge is 0.0576 e. The first-order valence-corrected chi connectivity index (χ1v) is 6.84. The van der Waals surface area contributed by atoms with Gasteiger partial charge in [0.05, 0.1) is 6.10 Å². The average Bonchev–Trinajstić information content (AvgIpc) is 2.76. The molecule has 0 saturated carbocycles. The van der Waals surface area contributed by atoms with E-state index in [4.69, 9.17) is 4.74 Å². The van der Waals surface area contributed by atoms with Crippen molar-refractivity contribution < 1.29 is 4.74 Å². The van der Waals surface area contributed by atoms with Gasteiger partial charge in [0.2, 0.25) is 0 Å². The van der Waals surface area contributed by atoms with E-state index in [0.29, 0.717) is 18.2 Å². The number of rotatable bonds is 4. The van der Waals surface area contributed by atoms with Crippen LogP contribution in [0.1, 0.15) is 39.5 Å². The van der Waals surface area contributed by atoms with Crippen LogP contribution in [0.15, 0.2) is 0 Å².